The molecule has 108 valence electrons. The Kier molecular flexibility index (Phi) is 4.74. The molecule has 3 atom stereocenters. The van der Waals surface area contributed by atoms with Gasteiger partial charge in [0.1, 0.15) is 11.2 Å². The number of hydrogen-bond donors (Lipinski definition) is 5. The maximum absolute atomic E-state index is 11.0. The molecule has 0 aromatic carbocycles. The first-order chi connectivity index (χ1) is 7.65. The van der Waals surface area contributed by atoms with Gasteiger partial charge in [0.05, 0.1) is 12.2 Å². The summed E-state index contributed by atoms with van der Waals surface area (Å²) in [4.78, 5) is 19.3. The molecule has 0 aliphatic heterocycles. The highest BCUT2D eigenvalue weighted by Crippen LogP contribution is 2.44. The summed E-state index contributed by atoms with van der Waals surface area (Å²) in [6.45, 7) is 3.64. The minimum Gasteiger partial charge on any atom is -0.472 e. The van der Waals surface area contributed by atoms with Gasteiger partial charge in [-0.25, -0.2) is 9.36 Å². The lowest BCUT2D eigenvalue weighted by Crippen LogP contribution is -2.64. The minimum absolute atomic E-state index is 0.940. The maximum Gasteiger partial charge on any atom is 0.435 e. The van der Waals surface area contributed by atoms with Gasteiger partial charge in [-0.1, -0.05) is 0 Å². The average Bonchev–Trinajstić information content (AvgIpc) is 2.12. The predicted octanol–water partition coefficient (Wildman–Crippen LogP) is 0.139. The van der Waals surface area contributed by atoms with Crippen molar-refractivity contribution in [2.45, 2.75) is 44.5 Å². The zero-order valence-electron chi connectivity index (χ0n) is 10.6. The second kappa shape index (κ2) is 4.88. The van der Waals surface area contributed by atoms with Gasteiger partial charge in [0.2, 0.25) is 0 Å². The Morgan fingerprint density at radius 1 is 1.17 bits per heavy atom. The quantitative estimate of drug-likeness (QED) is 0.433. The SMILES string of the molecule is CC(C)(O)C(C)(O)C(C)(O)COP(=O)(O)C(=O)O. The van der Waals surface area contributed by atoms with Crippen LogP contribution in [0, 0.1) is 0 Å². The van der Waals surface area contributed by atoms with E-state index in [1.54, 1.807) is 0 Å². The van der Waals surface area contributed by atoms with Crippen LogP contribution in [0.2, 0.25) is 0 Å². The van der Waals surface area contributed by atoms with E-state index >= 15 is 0 Å². The summed E-state index contributed by atoms with van der Waals surface area (Å²) >= 11 is 0. The zero-order chi connectivity index (χ0) is 15.0. The molecule has 0 heterocycles. The first-order valence-electron chi connectivity index (χ1n) is 5.03. The van der Waals surface area contributed by atoms with Crippen molar-refractivity contribution >= 4 is 13.3 Å². The van der Waals surface area contributed by atoms with Crippen LogP contribution in [-0.4, -0.2) is 54.4 Å². The molecule has 0 aliphatic carbocycles. The van der Waals surface area contributed by atoms with E-state index in [0.717, 1.165) is 13.8 Å². The topological polar surface area (TPSA) is 145 Å². The fourth-order valence-corrected chi connectivity index (χ4v) is 1.60. The molecule has 0 bridgehead atoms. The molecule has 0 saturated heterocycles. The molecule has 0 rings (SSSR count). The Morgan fingerprint density at radius 2 is 1.56 bits per heavy atom. The molecule has 8 nitrogen and oxygen atoms in total. The molecular formula is C9H19O8P. The van der Waals surface area contributed by atoms with Crippen LogP contribution in [0.3, 0.4) is 0 Å². The van der Waals surface area contributed by atoms with Crippen molar-refractivity contribution in [2.75, 3.05) is 6.61 Å². The molecule has 0 spiro atoms. The molecule has 0 aliphatic rings. The van der Waals surface area contributed by atoms with Crippen molar-refractivity contribution in [1.82, 2.24) is 0 Å². The standard InChI is InChI=1S/C9H19O8P/c1-7(2,12)9(4,14)8(3,13)5-17-18(15,16)6(10)11/h12-14H,5H2,1-4H3,(H,10,11)(H,15,16). The Labute approximate surface area is 104 Å². The van der Waals surface area contributed by atoms with Crippen molar-refractivity contribution in [3.05, 3.63) is 0 Å². The van der Waals surface area contributed by atoms with Crippen molar-refractivity contribution < 1.29 is 39.2 Å². The summed E-state index contributed by atoms with van der Waals surface area (Å²) in [5, 5.41) is 38.1. The van der Waals surface area contributed by atoms with E-state index in [-0.39, 0.29) is 0 Å². The fourth-order valence-electron chi connectivity index (χ4n) is 1.07. The van der Waals surface area contributed by atoms with Gasteiger partial charge in [0.25, 0.3) is 0 Å². The van der Waals surface area contributed by atoms with Crippen molar-refractivity contribution in [3.63, 3.8) is 0 Å². The van der Waals surface area contributed by atoms with Crippen LogP contribution in [0.15, 0.2) is 0 Å². The Balaban J connectivity index is 5.00. The molecule has 0 radical (unpaired) electrons. The first kappa shape index (κ1) is 17.5. The average molecular weight is 286 g/mol. The third-order valence-electron chi connectivity index (χ3n) is 3.00. The van der Waals surface area contributed by atoms with Crippen LogP contribution in [0.4, 0.5) is 4.79 Å². The molecule has 0 fully saturated rings. The first-order valence-corrected chi connectivity index (χ1v) is 6.61. The molecule has 18 heavy (non-hydrogen) atoms. The summed E-state index contributed by atoms with van der Waals surface area (Å²) in [6, 6.07) is 0. The normalized spacial score (nSPS) is 22.7. The van der Waals surface area contributed by atoms with Crippen LogP contribution >= 0.6 is 7.60 Å². The summed E-state index contributed by atoms with van der Waals surface area (Å²) in [5.74, 6) is 0. The van der Waals surface area contributed by atoms with Crippen LogP contribution in [0.1, 0.15) is 27.7 Å². The summed E-state index contributed by atoms with van der Waals surface area (Å²) < 4.78 is 15.2. The highest BCUT2D eigenvalue weighted by atomic mass is 31.2. The fraction of sp³-hybridized carbons (Fsp3) is 0.889. The third kappa shape index (κ3) is 3.50. The van der Waals surface area contributed by atoms with E-state index in [2.05, 4.69) is 4.52 Å². The van der Waals surface area contributed by atoms with Gasteiger partial charge in [-0.05, 0) is 27.7 Å². The van der Waals surface area contributed by atoms with Gasteiger partial charge in [-0.3, -0.25) is 4.52 Å². The van der Waals surface area contributed by atoms with Gasteiger partial charge in [-0.2, -0.15) is 0 Å². The Hall–Kier alpha value is -0.500. The number of aliphatic hydroxyl groups is 3. The molecule has 0 amide bonds. The van der Waals surface area contributed by atoms with Gasteiger partial charge < -0.3 is 25.3 Å². The van der Waals surface area contributed by atoms with Crippen LogP contribution in [0.5, 0.6) is 0 Å². The van der Waals surface area contributed by atoms with Gasteiger partial charge in [-0.15, -0.1) is 0 Å². The van der Waals surface area contributed by atoms with Crippen LogP contribution in [0.25, 0.3) is 0 Å². The molecule has 5 N–H and O–H groups in total. The van der Waals surface area contributed by atoms with E-state index < -0.39 is 36.7 Å². The second-order valence-electron chi connectivity index (χ2n) is 4.98. The number of hydrogen-bond acceptors (Lipinski definition) is 6. The Morgan fingerprint density at radius 3 is 1.83 bits per heavy atom. The number of carboxylic acid groups (broad SMARTS) is 1. The second-order valence-corrected chi connectivity index (χ2v) is 6.66. The highest BCUT2D eigenvalue weighted by Gasteiger charge is 2.53. The smallest absolute Gasteiger partial charge is 0.435 e. The monoisotopic (exact) mass is 286 g/mol. The minimum atomic E-state index is -4.92. The van der Waals surface area contributed by atoms with Crippen LogP contribution in [-0.2, 0) is 9.09 Å². The van der Waals surface area contributed by atoms with Gasteiger partial charge >= 0.3 is 13.3 Å². The van der Waals surface area contributed by atoms with Crippen molar-refractivity contribution in [2.24, 2.45) is 0 Å². The van der Waals surface area contributed by atoms with Crippen LogP contribution < -0.4 is 0 Å². The molecule has 3 unspecified atom stereocenters. The lowest BCUT2D eigenvalue weighted by molar-refractivity contribution is -0.227. The molecule has 0 aromatic rings. The largest absolute Gasteiger partial charge is 0.472 e. The predicted molar refractivity (Wildman–Crippen MR) is 61.3 cm³/mol. The zero-order valence-corrected chi connectivity index (χ0v) is 11.5. The van der Waals surface area contributed by atoms with Gasteiger partial charge in [0, 0.05) is 0 Å². The molecule has 0 aromatic heterocycles. The molecular weight excluding hydrogens is 267 g/mol. The van der Waals surface area contributed by atoms with E-state index in [4.69, 9.17) is 10.00 Å². The third-order valence-corrected chi connectivity index (χ3v) is 3.96. The molecule has 9 heteroatoms. The summed E-state index contributed by atoms with van der Waals surface area (Å²) in [6.07, 6.45) is 0. The van der Waals surface area contributed by atoms with Crippen molar-refractivity contribution in [1.29, 1.82) is 0 Å². The van der Waals surface area contributed by atoms with Gasteiger partial charge in [0.15, 0.2) is 0 Å². The van der Waals surface area contributed by atoms with E-state index in [1.165, 1.54) is 13.8 Å². The van der Waals surface area contributed by atoms with Crippen molar-refractivity contribution in [3.8, 4) is 0 Å². The van der Waals surface area contributed by atoms with E-state index in [1.807, 2.05) is 0 Å². The lowest BCUT2D eigenvalue weighted by Gasteiger charge is -2.45. The number of rotatable bonds is 6. The van der Waals surface area contributed by atoms with E-state index in [9.17, 15) is 24.7 Å². The van der Waals surface area contributed by atoms with E-state index in [0.29, 0.717) is 0 Å². The number of carbonyl (C=O) groups is 1. The highest BCUT2D eigenvalue weighted by molar-refractivity contribution is 7.70. The maximum atomic E-state index is 11.0. The lowest BCUT2D eigenvalue weighted by atomic mass is 9.75. The molecule has 0 saturated carbocycles. The Bertz CT molecular complexity index is 367. The summed E-state index contributed by atoms with van der Waals surface area (Å²) in [7, 11) is -4.92. The summed E-state index contributed by atoms with van der Waals surface area (Å²) in [5.41, 5.74) is -8.05.